The van der Waals surface area contributed by atoms with Crippen molar-refractivity contribution in [1.29, 1.82) is 0 Å². The second-order valence-electron chi connectivity index (χ2n) is 6.30. The van der Waals surface area contributed by atoms with Crippen LogP contribution < -0.4 is 10.1 Å². The first-order valence-electron chi connectivity index (χ1n) is 9.05. The molecule has 0 fully saturated rings. The van der Waals surface area contributed by atoms with Gasteiger partial charge in [-0.3, -0.25) is 0 Å². The van der Waals surface area contributed by atoms with Gasteiger partial charge in [-0.05, 0) is 55.6 Å². The molecule has 138 valence electrons. The third-order valence-corrected chi connectivity index (χ3v) is 4.67. The molecule has 3 N–H and O–H groups in total. The Morgan fingerprint density at radius 1 is 1.23 bits per heavy atom. The largest absolute Gasteiger partial charge is 0.492 e. The lowest BCUT2D eigenvalue weighted by molar-refractivity contribution is 0.175. The van der Waals surface area contributed by atoms with Gasteiger partial charge >= 0.3 is 0 Å². The molecule has 0 aliphatic rings. The normalized spacial score (nSPS) is 12.4. The highest BCUT2D eigenvalue weighted by molar-refractivity contribution is 6.30. The fraction of sp³-hybridized carbons (Fsp3) is 0.333. The molecule has 0 radical (unpaired) electrons. The number of halogens is 1. The van der Waals surface area contributed by atoms with Crippen LogP contribution in [0, 0.1) is 0 Å². The molecule has 3 aromatic rings. The fourth-order valence-electron chi connectivity index (χ4n) is 3.14. The molecule has 3 rings (SSSR count). The third kappa shape index (κ3) is 4.58. The third-order valence-electron chi connectivity index (χ3n) is 4.43. The lowest BCUT2D eigenvalue weighted by Gasteiger charge is -2.12. The molecule has 1 heterocycles. The molecule has 0 unspecified atom stereocenters. The van der Waals surface area contributed by atoms with Gasteiger partial charge in [-0.25, -0.2) is 0 Å². The Hall–Kier alpha value is -2.01. The molecule has 4 nitrogen and oxygen atoms in total. The van der Waals surface area contributed by atoms with Gasteiger partial charge < -0.3 is 20.1 Å². The van der Waals surface area contributed by atoms with Crippen LogP contribution in [0.15, 0.2) is 48.7 Å². The van der Waals surface area contributed by atoms with Crippen LogP contribution in [0.1, 0.15) is 30.6 Å². The summed E-state index contributed by atoms with van der Waals surface area (Å²) in [5, 5.41) is 15.4. The minimum absolute atomic E-state index is 0.517. The molecule has 1 aromatic heterocycles. The summed E-state index contributed by atoms with van der Waals surface area (Å²) in [6.45, 7) is 4.01. The van der Waals surface area contributed by atoms with Gasteiger partial charge in [-0.1, -0.05) is 35.9 Å². The number of aliphatic hydroxyl groups excluding tert-OH is 1. The quantitative estimate of drug-likeness (QED) is 0.485. The number of nitrogens with one attached hydrogen (secondary N) is 2. The number of ether oxygens (including phenoxy) is 1. The van der Waals surface area contributed by atoms with Crippen LogP contribution in [-0.4, -0.2) is 29.8 Å². The average molecular weight is 373 g/mol. The number of aromatic amines is 1. The first-order valence-corrected chi connectivity index (χ1v) is 9.43. The number of fused-ring (bicyclic) bond motifs is 1. The van der Waals surface area contributed by atoms with Crippen molar-refractivity contribution in [3.8, 4) is 5.75 Å². The second-order valence-corrected chi connectivity index (χ2v) is 6.74. The average Bonchev–Trinajstić information content (AvgIpc) is 3.06. The molecule has 0 spiro atoms. The number of para-hydroxylation sites is 1. The van der Waals surface area contributed by atoms with Gasteiger partial charge in [0.15, 0.2) is 0 Å². The number of hydrogen-bond acceptors (Lipinski definition) is 3. The van der Waals surface area contributed by atoms with E-state index in [1.807, 2.05) is 37.3 Å². The lowest BCUT2D eigenvalue weighted by atomic mass is 10.1. The van der Waals surface area contributed by atoms with Gasteiger partial charge in [-0.2, -0.15) is 0 Å². The highest BCUT2D eigenvalue weighted by Gasteiger charge is 2.09. The molecule has 0 aliphatic carbocycles. The van der Waals surface area contributed by atoms with E-state index in [9.17, 15) is 5.11 Å². The van der Waals surface area contributed by atoms with Crippen LogP contribution in [0.25, 0.3) is 10.9 Å². The topological polar surface area (TPSA) is 57.3 Å². The molecule has 0 bridgehead atoms. The number of aromatic nitrogens is 1. The van der Waals surface area contributed by atoms with Crippen molar-refractivity contribution in [2.75, 3.05) is 19.7 Å². The van der Waals surface area contributed by atoms with E-state index in [0.29, 0.717) is 18.2 Å². The van der Waals surface area contributed by atoms with E-state index in [1.54, 1.807) is 6.07 Å². The van der Waals surface area contributed by atoms with Crippen LogP contribution >= 0.6 is 11.6 Å². The van der Waals surface area contributed by atoms with Crippen LogP contribution in [0.5, 0.6) is 5.75 Å². The van der Waals surface area contributed by atoms with Gasteiger partial charge in [0.2, 0.25) is 0 Å². The first-order chi connectivity index (χ1) is 12.7. The van der Waals surface area contributed by atoms with Crippen molar-refractivity contribution in [2.45, 2.75) is 25.9 Å². The van der Waals surface area contributed by atoms with E-state index in [4.69, 9.17) is 16.3 Å². The number of benzene rings is 2. The fourth-order valence-corrected chi connectivity index (χ4v) is 3.34. The van der Waals surface area contributed by atoms with Crippen molar-refractivity contribution in [3.05, 3.63) is 64.8 Å². The van der Waals surface area contributed by atoms with E-state index in [-0.39, 0.29) is 0 Å². The summed E-state index contributed by atoms with van der Waals surface area (Å²) >= 11 is 5.96. The molecule has 2 aromatic carbocycles. The maximum Gasteiger partial charge on any atom is 0.143 e. The standard InChI is InChI=1S/C21H25ClN2O2/c1-2-26-20-10-4-9-18-16(13-24-21(18)20)7-5-11-23-14-19(25)15-6-3-8-17(22)12-15/h3-4,6,8-10,12-13,19,23-25H,2,5,7,11,14H2,1H3/t19-/m0/s1. The Balaban J connectivity index is 1.48. The van der Waals surface area contributed by atoms with E-state index in [1.165, 1.54) is 10.9 Å². The Labute approximate surface area is 159 Å². The van der Waals surface area contributed by atoms with E-state index in [2.05, 4.69) is 22.6 Å². The van der Waals surface area contributed by atoms with Gasteiger partial charge in [0, 0.05) is 23.2 Å². The SMILES string of the molecule is CCOc1cccc2c(CCCNC[C@H](O)c3cccc(Cl)c3)c[nH]c12. The summed E-state index contributed by atoms with van der Waals surface area (Å²) in [5.74, 6) is 0.902. The van der Waals surface area contributed by atoms with Crippen molar-refractivity contribution in [1.82, 2.24) is 10.3 Å². The van der Waals surface area contributed by atoms with Crippen molar-refractivity contribution < 1.29 is 9.84 Å². The van der Waals surface area contributed by atoms with E-state index >= 15 is 0 Å². The maximum absolute atomic E-state index is 10.2. The molecule has 26 heavy (non-hydrogen) atoms. The summed E-state index contributed by atoms with van der Waals surface area (Å²) in [4.78, 5) is 3.33. The van der Waals surface area contributed by atoms with Gasteiger partial charge in [0.05, 0.1) is 18.2 Å². The minimum Gasteiger partial charge on any atom is -0.492 e. The Bertz CT molecular complexity index is 847. The minimum atomic E-state index is -0.546. The first kappa shape index (κ1) is 18.8. The molecule has 0 saturated heterocycles. The molecule has 0 saturated carbocycles. The smallest absolute Gasteiger partial charge is 0.143 e. The Morgan fingerprint density at radius 3 is 2.88 bits per heavy atom. The van der Waals surface area contributed by atoms with Gasteiger partial charge in [-0.15, -0.1) is 0 Å². The zero-order chi connectivity index (χ0) is 18.4. The number of aryl methyl sites for hydroxylation is 1. The molecule has 0 amide bonds. The van der Waals surface area contributed by atoms with E-state index < -0.39 is 6.10 Å². The lowest BCUT2D eigenvalue weighted by Crippen LogP contribution is -2.22. The summed E-state index contributed by atoms with van der Waals surface area (Å²) < 4.78 is 5.67. The molecule has 1 atom stereocenters. The van der Waals surface area contributed by atoms with Crippen LogP contribution in [0.4, 0.5) is 0 Å². The molecular weight excluding hydrogens is 348 g/mol. The van der Waals surface area contributed by atoms with E-state index in [0.717, 1.165) is 36.2 Å². The van der Waals surface area contributed by atoms with Crippen molar-refractivity contribution in [3.63, 3.8) is 0 Å². The summed E-state index contributed by atoms with van der Waals surface area (Å²) in [6.07, 6.45) is 3.48. The molecule has 0 aliphatic heterocycles. The predicted octanol–water partition coefficient (Wildman–Crippen LogP) is 4.48. The molecular formula is C21H25ClN2O2. The highest BCUT2D eigenvalue weighted by Crippen LogP contribution is 2.27. The zero-order valence-corrected chi connectivity index (χ0v) is 15.7. The van der Waals surface area contributed by atoms with Crippen LogP contribution in [0.3, 0.4) is 0 Å². The Morgan fingerprint density at radius 2 is 2.08 bits per heavy atom. The summed E-state index contributed by atoms with van der Waals surface area (Å²) in [6, 6.07) is 13.5. The van der Waals surface area contributed by atoms with Gasteiger partial charge in [0.25, 0.3) is 0 Å². The monoisotopic (exact) mass is 372 g/mol. The predicted molar refractivity (Wildman–Crippen MR) is 107 cm³/mol. The van der Waals surface area contributed by atoms with Crippen LogP contribution in [0.2, 0.25) is 5.02 Å². The molecule has 5 heteroatoms. The number of H-pyrrole nitrogens is 1. The summed E-state index contributed by atoms with van der Waals surface area (Å²) in [7, 11) is 0. The van der Waals surface area contributed by atoms with Crippen molar-refractivity contribution in [2.24, 2.45) is 0 Å². The second kappa shape index (κ2) is 9.08. The Kier molecular flexibility index (Phi) is 6.56. The maximum atomic E-state index is 10.2. The van der Waals surface area contributed by atoms with Crippen molar-refractivity contribution >= 4 is 22.5 Å². The summed E-state index contributed by atoms with van der Waals surface area (Å²) in [5.41, 5.74) is 3.19. The van der Waals surface area contributed by atoms with Crippen LogP contribution in [-0.2, 0) is 6.42 Å². The zero-order valence-electron chi connectivity index (χ0n) is 15.0. The number of rotatable bonds is 9. The van der Waals surface area contributed by atoms with Gasteiger partial charge in [0.1, 0.15) is 5.75 Å². The number of hydrogen-bond donors (Lipinski definition) is 3. The number of aliphatic hydroxyl groups is 1. The highest BCUT2D eigenvalue weighted by atomic mass is 35.5.